The Kier molecular flexibility index (Phi) is 5.48. The first-order valence-corrected chi connectivity index (χ1v) is 12.8. The Bertz CT molecular complexity index is 1550. The number of benzene rings is 2. The number of halogens is 1. The van der Waals surface area contributed by atoms with Crippen molar-refractivity contribution >= 4 is 22.5 Å². The summed E-state index contributed by atoms with van der Waals surface area (Å²) >= 11 is 0. The molecule has 0 unspecified atom stereocenters. The van der Waals surface area contributed by atoms with Gasteiger partial charge in [-0.25, -0.2) is 9.37 Å². The second-order valence-electron chi connectivity index (χ2n) is 11.3. The van der Waals surface area contributed by atoms with Crippen molar-refractivity contribution in [2.75, 3.05) is 31.1 Å². The summed E-state index contributed by atoms with van der Waals surface area (Å²) in [4.78, 5) is 21.0. The van der Waals surface area contributed by atoms with Crippen LogP contribution in [0.5, 0.6) is 5.75 Å². The number of aromatic hydroxyl groups is 1. The number of amides is 1. The van der Waals surface area contributed by atoms with E-state index in [-0.39, 0.29) is 23.3 Å². The summed E-state index contributed by atoms with van der Waals surface area (Å²) in [6, 6.07) is 10.8. The fourth-order valence-corrected chi connectivity index (χ4v) is 6.27. The van der Waals surface area contributed by atoms with Gasteiger partial charge >= 0.3 is 0 Å². The molecule has 0 saturated carbocycles. The minimum Gasteiger partial charge on any atom is -0.505 e. The molecule has 2 saturated heterocycles. The third-order valence-electron chi connectivity index (χ3n) is 8.18. The lowest BCUT2D eigenvalue weighted by Gasteiger charge is -2.47. The minimum absolute atomic E-state index is 0.0354. The van der Waals surface area contributed by atoms with Crippen LogP contribution >= 0.6 is 0 Å². The van der Waals surface area contributed by atoms with E-state index >= 15 is 0 Å². The number of phenolic OH excluding ortho intramolecular Hbond substituents is 1. The van der Waals surface area contributed by atoms with Crippen LogP contribution in [0.15, 0.2) is 43.0 Å². The van der Waals surface area contributed by atoms with Crippen molar-refractivity contribution < 1.29 is 19.0 Å². The van der Waals surface area contributed by atoms with E-state index in [1.165, 1.54) is 12.1 Å². The minimum atomic E-state index is -0.687. The predicted molar refractivity (Wildman–Crippen MR) is 142 cm³/mol. The van der Waals surface area contributed by atoms with Gasteiger partial charge in [0, 0.05) is 54.5 Å². The number of pyridine rings is 1. The number of hydrogen-bond donors (Lipinski definition) is 1. The van der Waals surface area contributed by atoms with Gasteiger partial charge in [-0.3, -0.25) is 4.79 Å². The number of likely N-dealkylation sites (tertiary alicyclic amines) is 1. The lowest BCUT2D eigenvalue weighted by Crippen LogP contribution is -2.59. The first kappa shape index (κ1) is 24.4. The fourth-order valence-electron chi connectivity index (χ4n) is 6.27. The average molecular weight is 513 g/mol. The van der Waals surface area contributed by atoms with E-state index in [4.69, 9.17) is 9.72 Å². The third-order valence-corrected chi connectivity index (χ3v) is 8.18. The van der Waals surface area contributed by atoms with E-state index in [9.17, 15) is 19.6 Å². The molecular weight excluding hydrogens is 483 g/mol. The molecule has 1 spiro atoms. The van der Waals surface area contributed by atoms with Crippen molar-refractivity contribution in [1.29, 1.82) is 5.26 Å². The molecule has 7 nitrogen and oxygen atoms in total. The van der Waals surface area contributed by atoms with Crippen molar-refractivity contribution in [3.05, 3.63) is 65.6 Å². The molecule has 0 atom stereocenters. The van der Waals surface area contributed by atoms with Gasteiger partial charge in [0.05, 0.1) is 17.9 Å². The maximum atomic E-state index is 14.9. The zero-order chi connectivity index (χ0) is 26.8. The number of ether oxygens (including phenoxy) is 1. The van der Waals surface area contributed by atoms with Gasteiger partial charge < -0.3 is 19.6 Å². The molecule has 0 bridgehead atoms. The van der Waals surface area contributed by atoms with Crippen LogP contribution in [0.1, 0.15) is 37.1 Å². The van der Waals surface area contributed by atoms with Gasteiger partial charge in [-0.2, -0.15) is 5.26 Å². The van der Waals surface area contributed by atoms with Crippen LogP contribution in [0.3, 0.4) is 0 Å². The summed E-state index contributed by atoms with van der Waals surface area (Å²) in [6.45, 7) is 10.6. The van der Waals surface area contributed by atoms with Crippen molar-refractivity contribution in [2.24, 2.45) is 5.41 Å². The van der Waals surface area contributed by atoms with Crippen LogP contribution in [0, 0.1) is 22.6 Å². The highest BCUT2D eigenvalue weighted by molar-refractivity contribution is 6.01. The van der Waals surface area contributed by atoms with Crippen LogP contribution in [-0.4, -0.2) is 52.7 Å². The van der Waals surface area contributed by atoms with E-state index < -0.39 is 17.2 Å². The Labute approximate surface area is 220 Å². The highest BCUT2D eigenvalue weighted by Gasteiger charge is 2.49. The first-order chi connectivity index (χ1) is 18.1. The summed E-state index contributed by atoms with van der Waals surface area (Å²) in [5.41, 5.74) is 2.77. The molecule has 3 aliphatic heterocycles. The number of aromatic nitrogens is 1. The van der Waals surface area contributed by atoms with Gasteiger partial charge in [0.1, 0.15) is 17.5 Å². The molecule has 2 aromatic carbocycles. The Morgan fingerprint density at radius 1 is 1.26 bits per heavy atom. The Morgan fingerprint density at radius 3 is 2.71 bits per heavy atom. The second-order valence-corrected chi connectivity index (χ2v) is 11.3. The number of nitrogens with zero attached hydrogens (tertiary/aromatic N) is 4. The van der Waals surface area contributed by atoms with Gasteiger partial charge in [-0.1, -0.05) is 30.8 Å². The zero-order valence-corrected chi connectivity index (χ0v) is 21.6. The summed E-state index contributed by atoms with van der Waals surface area (Å²) in [7, 11) is 0. The van der Waals surface area contributed by atoms with E-state index in [0.29, 0.717) is 60.5 Å². The monoisotopic (exact) mass is 512 g/mol. The summed E-state index contributed by atoms with van der Waals surface area (Å²) in [6.07, 6.45) is 2.79. The molecule has 1 aromatic heterocycles. The first-order valence-electron chi connectivity index (χ1n) is 12.8. The molecule has 4 heterocycles. The Balaban J connectivity index is 1.52. The molecule has 0 aliphatic carbocycles. The second kappa shape index (κ2) is 8.53. The summed E-state index contributed by atoms with van der Waals surface area (Å²) in [5, 5.41) is 21.9. The van der Waals surface area contributed by atoms with Crippen molar-refractivity contribution in [2.45, 2.75) is 38.9 Å². The third kappa shape index (κ3) is 3.72. The van der Waals surface area contributed by atoms with Gasteiger partial charge in [0.15, 0.2) is 11.6 Å². The molecule has 1 amide bonds. The molecule has 8 heteroatoms. The zero-order valence-electron chi connectivity index (χ0n) is 21.6. The van der Waals surface area contributed by atoms with Crippen molar-refractivity contribution in [3.8, 4) is 22.9 Å². The van der Waals surface area contributed by atoms with Gasteiger partial charge in [0.2, 0.25) is 5.91 Å². The quantitative estimate of drug-likeness (QED) is 0.512. The summed E-state index contributed by atoms with van der Waals surface area (Å²) < 4.78 is 21.0. The standard InChI is InChI=1S/C30H29FN4O3/c1-4-25(37)35-16-30(17-35)9-10-34(15-30)28-21(13-32)26(22-14-38-29(2,3)12-23(22)33-28)20-11-24(36)27(31)19-8-6-5-7-18(19)20/h4-8,11,36H,1,9-10,12,14-17H2,2-3H3. The normalized spacial score (nSPS) is 19.2. The average Bonchev–Trinajstić information content (AvgIpc) is 3.34. The molecule has 6 rings (SSSR count). The molecule has 194 valence electrons. The SMILES string of the molecule is C=CC(=O)N1CC2(CCN(c3nc4c(c(-c5cc(O)c(F)c6ccccc56)c3C#N)COC(C)(C)C4)C2)C1. The van der Waals surface area contributed by atoms with Gasteiger partial charge in [-0.15, -0.1) is 0 Å². The van der Waals surface area contributed by atoms with Crippen LogP contribution in [-0.2, 0) is 22.6 Å². The number of fused-ring (bicyclic) bond motifs is 2. The Morgan fingerprint density at radius 2 is 2.00 bits per heavy atom. The van der Waals surface area contributed by atoms with Gasteiger partial charge in [0.25, 0.3) is 0 Å². The number of carbonyl (C=O) groups excluding carboxylic acids is 1. The molecular formula is C30H29FN4O3. The predicted octanol–water partition coefficient (Wildman–Crippen LogP) is 4.69. The highest BCUT2D eigenvalue weighted by Crippen LogP contribution is 2.46. The lowest BCUT2D eigenvalue weighted by molar-refractivity contribution is -0.136. The number of rotatable bonds is 3. The smallest absolute Gasteiger partial charge is 0.245 e. The number of carbonyl (C=O) groups is 1. The van der Waals surface area contributed by atoms with Crippen LogP contribution in [0.25, 0.3) is 21.9 Å². The topological polar surface area (TPSA) is 89.7 Å². The molecule has 1 N–H and O–H groups in total. The van der Waals surface area contributed by atoms with Crippen LogP contribution in [0.4, 0.5) is 10.2 Å². The highest BCUT2D eigenvalue weighted by atomic mass is 19.1. The number of phenols is 1. The van der Waals surface area contributed by atoms with Crippen molar-refractivity contribution in [3.63, 3.8) is 0 Å². The van der Waals surface area contributed by atoms with E-state index in [0.717, 1.165) is 17.7 Å². The molecule has 2 fully saturated rings. The molecule has 0 radical (unpaired) electrons. The number of nitriles is 1. The fraction of sp³-hybridized carbons (Fsp3) is 0.367. The lowest BCUT2D eigenvalue weighted by atomic mass is 9.79. The largest absolute Gasteiger partial charge is 0.505 e. The van der Waals surface area contributed by atoms with Crippen LogP contribution < -0.4 is 4.90 Å². The van der Waals surface area contributed by atoms with E-state index in [2.05, 4.69) is 17.5 Å². The van der Waals surface area contributed by atoms with Gasteiger partial charge in [-0.05, 0) is 43.4 Å². The number of hydrogen-bond acceptors (Lipinski definition) is 6. The van der Waals surface area contributed by atoms with E-state index in [1.54, 1.807) is 23.1 Å². The maximum Gasteiger partial charge on any atom is 0.245 e. The molecule has 3 aliphatic rings. The summed E-state index contributed by atoms with van der Waals surface area (Å²) in [5.74, 6) is -0.620. The molecule has 3 aromatic rings. The Hall–Kier alpha value is -3.96. The van der Waals surface area contributed by atoms with E-state index in [1.807, 2.05) is 19.9 Å². The number of anilines is 1. The van der Waals surface area contributed by atoms with Crippen molar-refractivity contribution in [1.82, 2.24) is 9.88 Å². The molecule has 38 heavy (non-hydrogen) atoms. The maximum absolute atomic E-state index is 14.9. The van der Waals surface area contributed by atoms with Crippen LogP contribution in [0.2, 0.25) is 0 Å².